The van der Waals surface area contributed by atoms with Crippen molar-refractivity contribution in [3.63, 3.8) is 0 Å². The van der Waals surface area contributed by atoms with Crippen LogP contribution < -0.4 is 5.73 Å². The Morgan fingerprint density at radius 2 is 2.12 bits per heavy atom. The molecule has 0 radical (unpaired) electrons. The summed E-state index contributed by atoms with van der Waals surface area (Å²) in [4.78, 5) is 0. The van der Waals surface area contributed by atoms with Gasteiger partial charge in [0.2, 0.25) is 0 Å². The third kappa shape index (κ3) is 2.62. The molecule has 1 aromatic heterocycles. The van der Waals surface area contributed by atoms with Gasteiger partial charge in [-0.15, -0.1) is 5.10 Å². The molecule has 2 rings (SSSR count). The van der Waals surface area contributed by atoms with E-state index in [0.29, 0.717) is 24.5 Å². The zero-order valence-electron chi connectivity index (χ0n) is 8.98. The minimum absolute atomic E-state index is 0.207. The SMILES string of the molecule is NCCn1nnnc1Cc1ccc(F)cc1F. The van der Waals surface area contributed by atoms with Crippen molar-refractivity contribution in [3.05, 3.63) is 41.2 Å². The molecule has 0 amide bonds. The van der Waals surface area contributed by atoms with Crippen LogP contribution in [0.1, 0.15) is 11.4 Å². The lowest BCUT2D eigenvalue weighted by Gasteiger charge is -2.04. The van der Waals surface area contributed by atoms with Crippen LogP contribution in [0.3, 0.4) is 0 Å². The highest BCUT2D eigenvalue weighted by Crippen LogP contribution is 2.12. The maximum Gasteiger partial charge on any atom is 0.155 e. The standard InChI is InChI=1S/C10H11F2N5/c11-8-2-1-7(9(12)6-8)5-10-14-15-16-17(10)4-3-13/h1-2,6H,3-5,13H2. The number of halogens is 2. The van der Waals surface area contributed by atoms with Crippen molar-refractivity contribution in [1.29, 1.82) is 0 Å². The summed E-state index contributed by atoms with van der Waals surface area (Å²) in [6.07, 6.45) is 0.207. The van der Waals surface area contributed by atoms with Gasteiger partial charge in [-0.3, -0.25) is 0 Å². The number of aromatic nitrogens is 4. The van der Waals surface area contributed by atoms with E-state index in [9.17, 15) is 8.78 Å². The Kier molecular flexibility index (Phi) is 3.38. The van der Waals surface area contributed by atoms with Gasteiger partial charge in [0.15, 0.2) is 5.82 Å². The van der Waals surface area contributed by atoms with Crippen LogP contribution in [-0.2, 0) is 13.0 Å². The first-order valence-electron chi connectivity index (χ1n) is 5.09. The second-order valence-corrected chi connectivity index (χ2v) is 3.52. The Hall–Kier alpha value is -1.89. The number of nitrogens with zero attached hydrogens (tertiary/aromatic N) is 4. The second kappa shape index (κ2) is 4.96. The average Bonchev–Trinajstić information content (AvgIpc) is 2.71. The lowest BCUT2D eigenvalue weighted by atomic mass is 10.1. The van der Waals surface area contributed by atoms with Gasteiger partial charge in [-0.25, -0.2) is 13.5 Å². The molecule has 0 unspecified atom stereocenters. The summed E-state index contributed by atoms with van der Waals surface area (Å²) in [5.74, 6) is -0.707. The molecule has 1 heterocycles. The summed E-state index contributed by atoms with van der Waals surface area (Å²) in [7, 11) is 0. The molecule has 0 saturated heterocycles. The monoisotopic (exact) mass is 239 g/mol. The molecule has 7 heteroatoms. The number of rotatable bonds is 4. The maximum absolute atomic E-state index is 13.4. The van der Waals surface area contributed by atoms with Gasteiger partial charge in [0, 0.05) is 19.0 Å². The number of hydrogen-bond donors (Lipinski definition) is 1. The van der Waals surface area contributed by atoms with Crippen molar-refractivity contribution in [1.82, 2.24) is 20.2 Å². The largest absolute Gasteiger partial charge is 0.329 e. The molecule has 0 saturated carbocycles. The summed E-state index contributed by atoms with van der Waals surface area (Å²) in [5, 5.41) is 11.0. The second-order valence-electron chi connectivity index (χ2n) is 3.52. The smallest absolute Gasteiger partial charge is 0.155 e. The van der Waals surface area contributed by atoms with E-state index in [1.165, 1.54) is 16.8 Å². The molecule has 0 fully saturated rings. The molecule has 2 aromatic rings. The first kappa shape index (κ1) is 11.6. The summed E-state index contributed by atoms with van der Waals surface area (Å²) < 4.78 is 27.6. The van der Waals surface area contributed by atoms with Crippen LogP contribution in [0, 0.1) is 11.6 Å². The van der Waals surface area contributed by atoms with Gasteiger partial charge in [-0.05, 0) is 22.1 Å². The van der Waals surface area contributed by atoms with Gasteiger partial charge in [-0.2, -0.15) is 0 Å². The Bertz CT molecular complexity index is 511. The van der Waals surface area contributed by atoms with Crippen molar-refractivity contribution < 1.29 is 8.78 Å². The van der Waals surface area contributed by atoms with Crippen molar-refractivity contribution in [2.75, 3.05) is 6.54 Å². The molecular weight excluding hydrogens is 228 g/mol. The minimum Gasteiger partial charge on any atom is -0.329 e. The zero-order valence-corrected chi connectivity index (χ0v) is 8.98. The molecule has 0 aliphatic heterocycles. The molecule has 0 atom stereocenters. The van der Waals surface area contributed by atoms with Gasteiger partial charge < -0.3 is 5.73 Å². The summed E-state index contributed by atoms with van der Waals surface area (Å²) in [6.45, 7) is 0.856. The van der Waals surface area contributed by atoms with Gasteiger partial charge in [-0.1, -0.05) is 6.07 Å². The molecule has 0 bridgehead atoms. The highest BCUT2D eigenvalue weighted by atomic mass is 19.1. The van der Waals surface area contributed by atoms with Crippen molar-refractivity contribution in [2.24, 2.45) is 5.73 Å². The fourth-order valence-corrected chi connectivity index (χ4v) is 1.48. The van der Waals surface area contributed by atoms with Gasteiger partial charge in [0.25, 0.3) is 0 Å². The van der Waals surface area contributed by atoms with Crippen LogP contribution in [0.4, 0.5) is 8.78 Å². The van der Waals surface area contributed by atoms with Crippen LogP contribution in [0.15, 0.2) is 18.2 Å². The van der Waals surface area contributed by atoms with E-state index >= 15 is 0 Å². The predicted molar refractivity (Wildman–Crippen MR) is 56.0 cm³/mol. The minimum atomic E-state index is -0.604. The zero-order chi connectivity index (χ0) is 12.3. The van der Waals surface area contributed by atoms with E-state index in [-0.39, 0.29) is 6.42 Å². The van der Waals surface area contributed by atoms with E-state index in [2.05, 4.69) is 15.5 Å². The van der Waals surface area contributed by atoms with Crippen LogP contribution in [-0.4, -0.2) is 26.8 Å². The Balaban J connectivity index is 2.22. The van der Waals surface area contributed by atoms with Crippen LogP contribution in [0.2, 0.25) is 0 Å². The van der Waals surface area contributed by atoms with E-state index in [1.807, 2.05) is 0 Å². The molecule has 0 aliphatic carbocycles. The van der Waals surface area contributed by atoms with E-state index in [0.717, 1.165) is 6.07 Å². The molecule has 90 valence electrons. The molecule has 1 aromatic carbocycles. The summed E-state index contributed by atoms with van der Waals surface area (Å²) in [5.41, 5.74) is 5.74. The van der Waals surface area contributed by atoms with E-state index in [1.54, 1.807) is 0 Å². The van der Waals surface area contributed by atoms with Gasteiger partial charge in [0.05, 0.1) is 6.54 Å². The number of nitrogens with two attached hydrogens (primary N) is 1. The topological polar surface area (TPSA) is 69.6 Å². The molecule has 5 nitrogen and oxygen atoms in total. The van der Waals surface area contributed by atoms with E-state index in [4.69, 9.17) is 5.73 Å². The summed E-state index contributed by atoms with van der Waals surface area (Å²) in [6, 6.07) is 3.42. The third-order valence-electron chi connectivity index (χ3n) is 2.31. The predicted octanol–water partition coefficient (Wildman–Crippen LogP) is 0.501. The number of hydrogen-bond acceptors (Lipinski definition) is 4. The quantitative estimate of drug-likeness (QED) is 0.843. The van der Waals surface area contributed by atoms with Gasteiger partial charge in [0.1, 0.15) is 11.6 Å². The van der Waals surface area contributed by atoms with E-state index < -0.39 is 11.6 Å². The molecule has 0 aliphatic rings. The number of benzene rings is 1. The van der Waals surface area contributed by atoms with Crippen molar-refractivity contribution >= 4 is 0 Å². The van der Waals surface area contributed by atoms with Crippen LogP contribution >= 0.6 is 0 Å². The normalized spacial score (nSPS) is 10.8. The molecule has 0 spiro atoms. The molecule has 2 N–H and O–H groups in total. The third-order valence-corrected chi connectivity index (χ3v) is 2.31. The van der Waals surface area contributed by atoms with Crippen molar-refractivity contribution in [2.45, 2.75) is 13.0 Å². The average molecular weight is 239 g/mol. The Morgan fingerprint density at radius 3 is 2.82 bits per heavy atom. The Labute approximate surface area is 96.2 Å². The van der Waals surface area contributed by atoms with Crippen molar-refractivity contribution in [3.8, 4) is 0 Å². The first-order valence-corrected chi connectivity index (χ1v) is 5.09. The van der Waals surface area contributed by atoms with Crippen LogP contribution in [0.25, 0.3) is 0 Å². The lowest BCUT2D eigenvalue weighted by molar-refractivity contribution is 0.560. The fourth-order valence-electron chi connectivity index (χ4n) is 1.48. The summed E-state index contributed by atoms with van der Waals surface area (Å²) >= 11 is 0. The first-order chi connectivity index (χ1) is 8.20. The Morgan fingerprint density at radius 1 is 1.29 bits per heavy atom. The molecule has 17 heavy (non-hydrogen) atoms. The van der Waals surface area contributed by atoms with Crippen LogP contribution in [0.5, 0.6) is 0 Å². The highest BCUT2D eigenvalue weighted by Gasteiger charge is 2.10. The maximum atomic E-state index is 13.4. The highest BCUT2D eigenvalue weighted by molar-refractivity contribution is 5.21. The lowest BCUT2D eigenvalue weighted by Crippen LogP contribution is -2.14. The van der Waals surface area contributed by atoms with Gasteiger partial charge >= 0.3 is 0 Å². The molecular formula is C10H11F2N5. The number of tetrazole rings is 1. The fraction of sp³-hybridized carbons (Fsp3) is 0.300.